The molecule has 20 heavy (non-hydrogen) atoms. The third-order valence-electron chi connectivity index (χ3n) is 4.30. The van der Waals surface area contributed by atoms with Gasteiger partial charge in [0.15, 0.2) is 11.0 Å². The fraction of sp³-hybridized carbons (Fsp3) is 0.643. The number of nitrogens with zero attached hydrogens (tertiary/aromatic N) is 1. The van der Waals surface area contributed by atoms with Crippen LogP contribution in [-0.4, -0.2) is 47.3 Å². The first-order valence-electron chi connectivity index (χ1n) is 6.97. The number of carbonyl (C=O) groups is 1. The summed E-state index contributed by atoms with van der Waals surface area (Å²) in [5, 5.41) is 10.4. The first kappa shape index (κ1) is 13.9. The molecule has 0 aliphatic carbocycles. The van der Waals surface area contributed by atoms with E-state index in [1.165, 1.54) is 0 Å². The maximum Gasteiger partial charge on any atom is 0.289 e. The van der Waals surface area contributed by atoms with Gasteiger partial charge < -0.3 is 19.2 Å². The van der Waals surface area contributed by atoms with Gasteiger partial charge in [0, 0.05) is 19.7 Å². The summed E-state index contributed by atoms with van der Waals surface area (Å²) in [7, 11) is 0. The quantitative estimate of drug-likeness (QED) is 0.862. The van der Waals surface area contributed by atoms with Crippen LogP contribution in [0.2, 0.25) is 5.22 Å². The van der Waals surface area contributed by atoms with Gasteiger partial charge in [-0.05, 0) is 49.4 Å². The van der Waals surface area contributed by atoms with Gasteiger partial charge in [0.05, 0.1) is 11.7 Å². The Morgan fingerprint density at radius 1 is 1.40 bits per heavy atom. The molecule has 1 atom stereocenters. The lowest BCUT2D eigenvalue weighted by Gasteiger charge is -2.46. The lowest BCUT2D eigenvalue weighted by Crippen LogP contribution is -2.56. The van der Waals surface area contributed by atoms with Gasteiger partial charge in [-0.3, -0.25) is 4.79 Å². The Morgan fingerprint density at radius 3 is 2.75 bits per heavy atom. The fourth-order valence-electron chi connectivity index (χ4n) is 3.06. The van der Waals surface area contributed by atoms with Crippen molar-refractivity contribution in [1.29, 1.82) is 0 Å². The average molecular weight is 300 g/mol. The molecular formula is C14H18ClNO4. The molecule has 110 valence electrons. The fourth-order valence-corrected chi connectivity index (χ4v) is 3.21. The highest BCUT2D eigenvalue weighted by Crippen LogP contribution is 2.35. The molecular weight excluding hydrogens is 282 g/mol. The van der Waals surface area contributed by atoms with E-state index in [0.29, 0.717) is 32.5 Å². The van der Waals surface area contributed by atoms with E-state index in [1.807, 2.05) is 0 Å². The van der Waals surface area contributed by atoms with Crippen LogP contribution < -0.4 is 0 Å². The second-order valence-corrected chi connectivity index (χ2v) is 5.84. The normalized spacial score (nSPS) is 25.9. The van der Waals surface area contributed by atoms with Gasteiger partial charge in [-0.2, -0.15) is 0 Å². The molecule has 3 rings (SSSR count). The van der Waals surface area contributed by atoms with Crippen molar-refractivity contribution in [1.82, 2.24) is 4.90 Å². The topological polar surface area (TPSA) is 62.9 Å². The molecule has 1 amide bonds. The molecule has 0 bridgehead atoms. The Balaban J connectivity index is 1.65. The van der Waals surface area contributed by atoms with Gasteiger partial charge in [-0.25, -0.2) is 0 Å². The Bertz CT molecular complexity index is 493. The maximum absolute atomic E-state index is 12.2. The minimum atomic E-state index is -0.462. The van der Waals surface area contributed by atoms with Crippen LogP contribution >= 0.6 is 11.6 Å². The zero-order valence-corrected chi connectivity index (χ0v) is 11.9. The lowest BCUT2D eigenvalue weighted by molar-refractivity contribution is -0.174. The number of aliphatic hydroxyl groups is 1. The molecule has 0 saturated carbocycles. The number of amides is 1. The highest BCUT2D eigenvalue weighted by Gasteiger charge is 2.44. The monoisotopic (exact) mass is 299 g/mol. The molecule has 2 aliphatic heterocycles. The largest absolute Gasteiger partial charge is 0.440 e. The predicted molar refractivity (Wildman–Crippen MR) is 72.8 cm³/mol. The van der Waals surface area contributed by atoms with Crippen LogP contribution in [0.1, 0.15) is 36.2 Å². The summed E-state index contributed by atoms with van der Waals surface area (Å²) in [6.07, 6.45) is 2.58. The van der Waals surface area contributed by atoms with Gasteiger partial charge in [0.1, 0.15) is 0 Å². The predicted octanol–water partition coefficient (Wildman–Crippen LogP) is 2.08. The number of piperidine rings is 1. The van der Waals surface area contributed by atoms with Crippen molar-refractivity contribution in [3.05, 3.63) is 23.1 Å². The number of carbonyl (C=O) groups excluding carboxylic acids is 1. The smallest absolute Gasteiger partial charge is 0.289 e. The van der Waals surface area contributed by atoms with Gasteiger partial charge in [0.2, 0.25) is 0 Å². The van der Waals surface area contributed by atoms with Gasteiger partial charge in [-0.1, -0.05) is 0 Å². The van der Waals surface area contributed by atoms with Crippen LogP contribution in [0.25, 0.3) is 0 Å². The van der Waals surface area contributed by atoms with E-state index in [2.05, 4.69) is 0 Å². The summed E-state index contributed by atoms with van der Waals surface area (Å²) >= 11 is 5.69. The summed E-state index contributed by atoms with van der Waals surface area (Å²) in [6.45, 7) is 1.82. The molecule has 2 aliphatic rings. The number of halogens is 1. The SMILES string of the molecule is O=C(c1ccc(Cl)o1)N1CCC2(CC1)OCCCC2O. The molecule has 1 spiro atoms. The third kappa shape index (κ3) is 2.45. The van der Waals surface area contributed by atoms with Crippen LogP contribution in [-0.2, 0) is 4.74 Å². The van der Waals surface area contributed by atoms with Gasteiger partial charge in [0.25, 0.3) is 5.91 Å². The molecule has 2 fully saturated rings. The summed E-state index contributed by atoms with van der Waals surface area (Å²) in [4.78, 5) is 14.0. The zero-order valence-electron chi connectivity index (χ0n) is 11.2. The molecule has 0 aromatic carbocycles. The third-order valence-corrected chi connectivity index (χ3v) is 4.50. The number of likely N-dealkylation sites (tertiary alicyclic amines) is 1. The van der Waals surface area contributed by atoms with Crippen LogP contribution in [0.5, 0.6) is 0 Å². The second-order valence-electron chi connectivity index (χ2n) is 5.47. The summed E-state index contributed by atoms with van der Waals surface area (Å²) < 4.78 is 11.0. The van der Waals surface area contributed by atoms with E-state index in [1.54, 1.807) is 17.0 Å². The Hall–Kier alpha value is -1.04. The molecule has 0 radical (unpaired) electrons. The number of aliphatic hydroxyl groups excluding tert-OH is 1. The van der Waals surface area contributed by atoms with Crippen LogP contribution in [0, 0.1) is 0 Å². The molecule has 1 N–H and O–H groups in total. The Morgan fingerprint density at radius 2 is 2.15 bits per heavy atom. The van der Waals surface area contributed by atoms with Crippen molar-refractivity contribution in [2.75, 3.05) is 19.7 Å². The van der Waals surface area contributed by atoms with Crippen molar-refractivity contribution in [3.8, 4) is 0 Å². The van der Waals surface area contributed by atoms with E-state index >= 15 is 0 Å². The van der Waals surface area contributed by atoms with Crippen LogP contribution in [0.15, 0.2) is 16.5 Å². The minimum Gasteiger partial charge on any atom is -0.440 e. The van der Waals surface area contributed by atoms with Crippen molar-refractivity contribution < 1.29 is 19.1 Å². The molecule has 5 nitrogen and oxygen atoms in total. The van der Waals surface area contributed by atoms with Crippen LogP contribution in [0.4, 0.5) is 0 Å². The summed E-state index contributed by atoms with van der Waals surface area (Å²) in [5.74, 6) is 0.105. The first-order chi connectivity index (χ1) is 9.61. The first-order valence-corrected chi connectivity index (χ1v) is 7.35. The summed E-state index contributed by atoms with van der Waals surface area (Å²) in [5.41, 5.74) is -0.462. The number of ether oxygens (including phenoxy) is 1. The van der Waals surface area contributed by atoms with E-state index in [4.69, 9.17) is 20.8 Å². The van der Waals surface area contributed by atoms with Crippen LogP contribution in [0.3, 0.4) is 0 Å². The van der Waals surface area contributed by atoms with Crippen molar-refractivity contribution in [2.45, 2.75) is 37.4 Å². The minimum absolute atomic E-state index is 0.156. The number of hydrogen-bond donors (Lipinski definition) is 1. The van der Waals surface area contributed by atoms with Gasteiger partial charge >= 0.3 is 0 Å². The highest BCUT2D eigenvalue weighted by atomic mass is 35.5. The van der Waals surface area contributed by atoms with E-state index in [-0.39, 0.29) is 16.9 Å². The molecule has 2 saturated heterocycles. The molecule has 3 heterocycles. The standard InChI is InChI=1S/C14H18ClNO4/c15-12-4-3-10(20-12)13(18)16-7-5-14(6-8-16)11(17)2-1-9-19-14/h3-4,11,17H,1-2,5-9H2. The van der Waals surface area contributed by atoms with E-state index in [0.717, 1.165) is 12.8 Å². The van der Waals surface area contributed by atoms with Crippen molar-refractivity contribution >= 4 is 17.5 Å². The molecule has 1 aromatic heterocycles. The Labute approximate surface area is 122 Å². The number of furan rings is 1. The van der Waals surface area contributed by atoms with E-state index < -0.39 is 11.7 Å². The molecule has 1 unspecified atom stereocenters. The lowest BCUT2D eigenvalue weighted by atomic mass is 9.82. The average Bonchev–Trinajstić information content (AvgIpc) is 2.89. The Kier molecular flexibility index (Phi) is 3.75. The van der Waals surface area contributed by atoms with Crippen molar-refractivity contribution in [3.63, 3.8) is 0 Å². The molecule has 1 aromatic rings. The van der Waals surface area contributed by atoms with Crippen molar-refractivity contribution in [2.24, 2.45) is 0 Å². The number of hydrogen-bond acceptors (Lipinski definition) is 4. The molecule has 6 heteroatoms. The zero-order chi connectivity index (χ0) is 14.2. The maximum atomic E-state index is 12.2. The second kappa shape index (κ2) is 5.39. The van der Waals surface area contributed by atoms with E-state index in [9.17, 15) is 9.90 Å². The van der Waals surface area contributed by atoms with Gasteiger partial charge in [-0.15, -0.1) is 0 Å². The summed E-state index contributed by atoms with van der Waals surface area (Å²) in [6, 6.07) is 3.15. The highest BCUT2D eigenvalue weighted by molar-refractivity contribution is 6.29. The number of rotatable bonds is 1.